The molecule has 0 aliphatic heterocycles. The van der Waals surface area contributed by atoms with E-state index >= 15 is 0 Å². The molecule has 0 saturated carbocycles. The van der Waals surface area contributed by atoms with Crippen LogP contribution in [0.3, 0.4) is 0 Å². The van der Waals surface area contributed by atoms with E-state index in [0.717, 1.165) is 28.0 Å². The van der Waals surface area contributed by atoms with Crippen molar-refractivity contribution in [3.63, 3.8) is 0 Å². The van der Waals surface area contributed by atoms with Crippen LogP contribution in [0.5, 0.6) is 0 Å². The molecule has 0 aliphatic rings. The number of benzene rings is 2. The molecule has 4 heteroatoms. The van der Waals surface area contributed by atoms with Gasteiger partial charge in [-0.25, -0.2) is 4.98 Å². The second-order valence-corrected chi connectivity index (χ2v) is 6.38. The van der Waals surface area contributed by atoms with Crippen LogP contribution in [0.25, 0.3) is 16.9 Å². The molecule has 1 N–H and O–H groups in total. The van der Waals surface area contributed by atoms with E-state index in [2.05, 4.69) is 5.32 Å². The fraction of sp³-hybridized carbons (Fsp3) is 0.0909. The van der Waals surface area contributed by atoms with Crippen molar-refractivity contribution in [2.24, 2.45) is 0 Å². The molecule has 0 aliphatic carbocycles. The van der Waals surface area contributed by atoms with Crippen molar-refractivity contribution < 1.29 is 4.79 Å². The lowest BCUT2D eigenvalue weighted by molar-refractivity contribution is 0.102. The zero-order valence-corrected chi connectivity index (χ0v) is 14.7. The molecule has 0 bridgehead atoms. The van der Waals surface area contributed by atoms with E-state index in [4.69, 9.17) is 4.98 Å². The average molecular weight is 341 g/mol. The molecule has 1 amide bonds. The third-order valence-electron chi connectivity index (χ3n) is 4.44. The average Bonchev–Trinajstić information content (AvgIpc) is 3.03. The van der Waals surface area contributed by atoms with Gasteiger partial charge in [0.15, 0.2) is 0 Å². The lowest BCUT2D eigenvalue weighted by Crippen LogP contribution is -2.14. The number of hydrogen-bond donors (Lipinski definition) is 1. The second-order valence-electron chi connectivity index (χ2n) is 6.38. The Morgan fingerprint density at radius 3 is 2.38 bits per heavy atom. The smallest absolute Gasteiger partial charge is 0.256 e. The molecule has 128 valence electrons. The Kier molecular flexibility index (Phi) is 4.01. The highest BCUT2D eigenvalue weighted by Crippen LogP contribution is 2.30. The number of aryl methyl sites for hydroxylation is 2. The third-order valence-corrected chi connectivity index (χ3v) is 4.44. The van der Waals surface area contributed by atoms with Crippen molar-refractivity contribution in [3.8, 4) is 11.3 Å². The van der Waals surface area contributed by atoms with Gasteiger partial charge in [0, 0.05) is 17.3 Å². The lowest BCUT2D eigenvalue weighted by atomic mass is 10.1. The number of hydrogen-bond acceptors (Lipinski definition) is 2. The highest BCUT2D eigenvalue weighted by Gasteiger charge is 2.18. The molecular weight excluding hydrogens is 322 g/mol. The summed E-state index contributed by atoms with van der Waals surface area (Å²) >= 11 is 0. The number of rotatable bonds is 3. The Morgan fingerprint density at radius 2 is 1.65 bits per heavy atom. The van der Waals surface area contributed by atoms with Crippen molar-refractivity contribution in [3.05, 3.63) is 89.6 Å². The molecule has 0 fully saturated rings. The quantitative estimate of drug-likeness (QED) is 0.578. The van der Waals surface area contributed by atoms with Gasteiger partial charge in [-0.15, -0.1) is 0 Å². The van der Waals surface area contributed by atoms with Crippen molar-refractivity contribution in [2.75, 3.05) is 5.32 Å². The van der Waals surface area contributed by atoms with Crippen LogP contribution in [0.2, 0.25) is 0 Å². The maximum atomic E-state index is 12.8. The first-order chi connectivity index (χ1) is 12.6. The van der Waals surface area contributed by atoms with Crippen LogP contribution in [-0.4, -0.2) is 15.3 Å². The number of pyridine rings is 1. The summed E-state index contributed by atoms with van der Waals surface area (Å²) in [7, 11) is 0. The van der Waals surface area contributed by atoms with Crippen molar-refractivity contribution in [1.29, 1.82) is 0 Å². The molecule has 26 heavy (non-hydrogen) atoms. The Bertz CT molecular complexity index is 1080. The third kappa shape index (κ3) is 2.86. The van der Waals surface area contributed by atoms with Crippen molar-refractivity contribution in [2.45, 2.75) is 13.8 Å². The van der Waals surface area contributed by atoms with Crippen molar-refractivity contribution >= 4 is 17.4 Å². The van der Waals surface area contributed by atoms with Crippen LogP contribution in [-0.2, 0) is 0 Å². The molecule has 2 aromatic carbocycles. The van der Waals surface area contributed by atoms with Gasteiger partial charge in [-0.05, 0) is 37.6 Å². The number of anilines is 1. The zero-order chi connectivity index (χ0) is 18.1. The van der Waals surface area contributed by atoms with Gasteiger partial charge in [0.2, 0.25) is 0 Å². The maximum Gasteiger partial charge on any atom is 0.256 e. The lowest BCUT2D eigenvalue weighted by Gasteiger charge is -2.08. The second kappa shape index (κ2) is 6.48. The molecule has 0 radical (unpaired) electrons. The van der Waals surface area contributed by atoms with Crippen LogP contribution in [0.1, 0.15) is 21.5 Å². The summed E-state index contributed by atoms with van der Waals surface area (Å²) in [5.74, 6) is 0.533. The van der Waals surface area contributed by atoms with Gasteiger partial charge in [0.05, 0.1) is 0 Å². The van der Waals surface area contributed by atoms with Crippen LogP contribution >= 0.6 is 0 Å². The van der Waals surface area contributed by atoms with Gasteiger partial charge in [-0.2, -0.15) is 0 Å². The number of aromatic nitrogens is 2. The zero-order valence-electron chi connectivity index (χ0n) is 14.7. The number of imidazole rings is 1. The van der Waals surface area contributed by atoms with E-state index in [-0.39, 0.29) is 5.91 Å². The van der Waals surface area contributed by atoms with Gasteiger partial charge in [0.1, 0.15) is 17.2 Å². The van der Waals surface area contributed by atoms with Gasteiger partial charge in [-0.1, -0.05) is 54.1 Å². The van der Waals surface area contributed by atoms with E-state index in [1.54, 1.807) is 0 Å². The maximum absolute atomic E-state index is 12.8. The molecular formula is C22H19N3O. The Hall–Kier alpha value is -3.40. The summed E-state index contributed by atoms with van der Waals surface area (Å²) in [6.45, 7) is 4.02. The molecule has 0 saturated heterocycles. The SMILES string of the molecule is Cc1ccc(C(=O)Nc2c(-c3ccccc3)nc3c(C)cccn23)cc1. The number of nitrogens with zero attached hydrogens (tertiary/aromatic N) is 2. The van der Waals surface area contributed by atoms with E-state index in [9.17, 15) is 4.79 Å². The summed E-state index contributed by atoms with van der Waals surface area (Å²) in [5, 5.41) is 3.06. The van der Waals surface area contributed by atoms with Gasteiger partial charge in [-0.3, -0.25) is 9.20 Å². The van der Waals surface area contributed by atoms with E-state index in [1.165, 1.54) is 0 Å². The Morgan fingerprint density at radius 1 is 0.923 bits per heavy atom. The standard InChI is InChI=1S/C22H19N3O/c1-15-10-12-18(13-11-15)22(26)24-21-19(17-8-4-3-5-9-17)23-20-16(2)7-6-14-25(20)21/h3-14H,1-2H3,(H,24,26). The highest BCUT2D eigenvalue weighted by molar-refractivity contribution is 6.05. The first-order valence-electron chi connectivity index (χ1n) is 8.54. The summed E-state index contributed by atoms with van der Waals surface area (Å²) < 4.78 is 1.93. The Labute approximate surface area is 152 Å². The van der Waals surface area contributed by atoms with Crippen LogP contribution in [0, 0.1) is 13.8 Å². The minimum absolute atomic E-state index is 0.148. The fourth-order valence-electron chi connectivity index (χ4n) is 3.01. The number of fused-ring (bicyclic) bond motifs is 1. The Balaban J connectivity index is 1.83. The summed E-state index contributed by atoms with van der Waals surface area (Å²) in [6, 6.07) is 21.4. The number of amides is 1. The molecule has 2 aromatic heterocycles. The molecule has 0 unspecified atom stereocenters. The first-order valence-corrected chi connectivity index (χ1v) is 8.54. The topological polar surface area (TPSA) is 46.4 Å². The molecule has 4 rings (SSSR count). The largest absolute Gasteiger partial charge is 0.306 e. The molecule has 0 atom stereocenters. The predicted octanol–water partition coefficient (Wildman–Crippen LogP) is 4.87. The summed E-state index contributed by atoms with van der Waals surface area (Å²) in [5.41, 5.74) is 5.37. The monoisotopic (exact) mass is 341 g/mol. The van der Waals surface area contributed by atoms with Crippen LogP contribution in [0.15, 0.2) is 72.9 Å². The van der Waals surface area contributed by atoms with Crippen LogP contribution in [0.4, 0.5) is 5.82 Å². The fourth-order valence-corrected chi connectivity index (χ4v) is 3.01. The van der Waals surface area contributed by atoms with E-state index < -0.39 is 0 Å². The summed E-state index contributed by atoms with van der Waals surface area (Å²) in [4.78, 5) is 17.6. The predicted molar refractivity (Wildman–Crippen MR) is 104 cm³/mol. The minimum Gasteiger partial charge on any atom is -0.306 e. The molecule has 4 nitrogen and oxygen atoms in total. The number of nitrogens with one attached hydrogen (secondary N) is 1. The number of carbonyl (C=O) groups is 1. The van der Waals surface area contributed by atoms with Gasteiger partial charge in [0.25, 0.3) is 5.91 Å². The highest BCUT2D eigenvalue weighted by atomic mass is 16.1. The summed E-state index contributed by atoms with van der Waals surface area (Å²) in [6.07, 6.45) is 1.92. The number of carbonyl (C=O) groups excluding carboxylic acids is 1. The molecule has 0 spiro atoms. The molecule has 4 aromatic rings. The minimum atomic E-state index is -0.148. The first kappa shape index (κ1) is 16.1. The van der Waals surface area contributed by atoms with Crippen LogP contribution < -0.4 is 5.32 Å². The van der Waals surface area contributed by atoms with Gasteiger partial charge < -0.3 is 5.32 Å². The van der Waals surface area contributed by atoms with E-state index in [0.29, 0.717) is 11.4 Å². The molecule has 2 heterocycles. The van der Waals surface area contributed by atoms with E-state index in [1.807, 2.05) is 91.2 Å². The normalized spacial score (nSPS) is 10.8. The van der Waals surface area contributed by atoms with Gasteiger partial charge >= 0.3 is 0 Å². The van der Waals surface area contributed by atoms with Crippen molar-refractivity contribution in [1.82, 2.24) is 9.38 Å².